The van der Waals surface area contributed by atoms with Crippen LogP contribution in [0.4, 0.5) is 0 Å². The Morgan fingerprint density at radius 3 is 1.22 bits per heavy atom. The van der Waals surface area contributed by atoms with Crippen LogP contribution in [0.1, 0.15) is 92.9 Å². The maximum absolute atomic E-state index is 2.55. The molecule has 0 fully saturated rings. The molecule has 0 atom stereocenters. The van der Waals surface area contributed by atoms with Crippen molar-refractivity contribution in [3.8, 4) is 0 Å². The van der Waals surface area contributed by atoms with Crippen molar-refractivity contribution in [2.24, 2.45) is 0 Å². The van der Waals surface area contributed by atoms with E-state index < -0.39 is 16.0 Å². The molecule has 1 aromatic carbocycles. The van der Waals surface area contributed by atoms with E-state index in [0.717, 1.165) is 0 Å². The van der Waals surface area contributed by atoms with Gasteiger partial charge in [0.2, 0.25) is 0 Å². The summed E-state index contributed by atoms with van der Waals surface area (Å²) < 4.78 is 1.84. The Morgan fingerprint density at radius 2 is 1.00 bits per heavy atom. The van der Waals surface area contributed by atoms with Gasteiger partial charge in [0.05, 0.1) is 0 Å². The van der Waals surface area contributed by atoms with Gasteiger partial charge in [-0.25, -0.2) is 0 Å². The number of benzene rings is 1. The van der Waals surface area contributed by atoms with Crippen molar-refractivity contribution >= 4 is 4.16 Å². The van der Waals surface area contributed by atoms with E-state index in [2.05, 4.69) is 88.3 Å². The van der Waals surface area contributed by atoms with E-state index in [9.17, 15) is 0 Å². The van der Waals surface area contributed by atoms with E-state index >= 15 is 0 Å². The van der Waals surface area contributed by atoms with Crippen molar-refractivity contribution in [3.05, 3.63) is 28.8 Å². The summed E-state index contributed by atoms with van der Waals surface area (Å²) in [6.45, 7) is 26.3. The average Bonchev–Trinajstić information content (AvgIpc) is 2.36. The van der Waals surface area contributed by atoms with Gasteiger partial charge < -0.3 is 0 Å². The molecule has 0 aromatic heterocycles. The molecule has 129 valence electrons. The summed E-state index contributed by atoms with van der Waals surface area (Å²) in [4.78, 5) is 0. The predicted molar refractivity (Wildman–Crippen MR) is 103 cm³/mol. The van der Waals surface area contributed by atoms with E-state index in [1.165, 1.54) is 15.6 Å². The molecular formula is C22H39Zn. The van der Waals surface area contributed by atoms with Gasteiger partial charge in [-0.1, -0.05) is 0 Å². The molecule has 0 bridgehead atoms. The van der Waals surface area contributed by atoms with Crippen LogP contribution in [0.2, 0.25) is 10.0 Å². The summed E-state index contributed by atoms with van der Waals surface area (Å²) >= 11 is -1.68. The normalized spacial score (nSPS) is 13.3. The summed E-state index contributed by atoms with van der Waals surface area (Å²) in [6, 6.07) is 5.11. The minimum absolute atomic E-state index is 0.210. The first kappa shape index (κ1) is 20.9. The standard InChI is InChI=1S/C18H29.2C2H5.Zn/c1-16(2,3)13-10-14(17(4,5)6)12-15(11-13)18(7,8)9;2*1-2;/h10-11H,1-9H3;2*1H2,2H3;. The third-order valence-corrected chi connectivity index (χ3v) is 14.2. The fraction of sp³-hybridized carbons (Fsp3) is 0.727. The monoisotopic (exact) mass is 367 g/mol. The van der Waals surface area contributed by atoms with Crippen LogP contribution in [-0.4, -0.2) is 0 Å². The predicted octanol–water partition coefficient (Wildman–Crippen LogP) is 6.70. The van der Waals surface area contributed by atoms with E-state index in [-0.39, 0.29) is 16.2 Å². The van der Waals surface area contributed by atoms with E-state index in [1.807, 2.05) is 4.16 Å². The van der Waals surface area contributed by atoms with Crippen molar-refractivity contribution in [1.82, 2.24) is 0 Å². The summed E-state index contributed by atoms with van der Waals surface area (Å²) in [5.74, 6) is 0. The zero-order chi connectivity index (χ0) is 18.2. The van der Waals surface area contributed by atoms with Gasteiger partial charge in [-0.2, -0.15) is 0 Å². The summed E-state index contributed by atoms with van der Waals surface area (Å²) in [7, 11) is 0. The molecule has 0 nitrogen and oxygen atoms in total. The first-order valence-electron chi connectivity index (χ1n) is 9.67. The molecule has 1 aromatic rings. The number of hydrogen-bond acceptors (Lipinski definition) is 0. The van der Waals surface area contributed by atoms with E-state index in [0.29, 0.717) is 0 Å². The topological polar surface area (TPSA) is 0 Å². The fourth-order valence-electron chi connectivity index (χ4n) is 3.84. The van der Waals surface area contributed by atoms with Crippen LogP contribution in [0.5, 0.6) is 0 Å². The van der Waals surface area contributed by atoms with Crippen LogP contribution in [0.15, 0.2) is 12.1 Å². The molecule has 0 radical (unpaired) electrons. The van der Waals surface area contributed by atoms with Crippen molar-refractivity contribution < 1.29 is 16.0 Å². The Labute approximate surface area is 151 Å². The molecule has 0 amide bonds. The Morgan fingerprint density at radius 1 is 0.652 bits per heavy atom. The van der Waals surface area contributed by atoms with Crippen molar-refractivity contribution in [1.29, 1.82) is 0 Å². The molecule has 0 spiro atoms. The summed E-state index contributed by atoms with van der Waals surface area (Å²) in [5, 5.41) is 2.86. The van der Waals surface area contributed by atoms with E-state index in [1.54, 1.807) is 11.1 Å². The first-order valence-corrected chi connectivity index (χ1v) is 15.4. The van der Waals surface area contributed by atoms with Gasteiger partial charge in [0.1, 0.15) is 0 Å². The number of hydrogen-bond donors (Lipinski definition) is 0. The fourth-order valence-corrected chi connectivity index (χ4v) is 12.3. The van der Waals surface area contributed by atoms with Gasteiger partial charge in [0, 0.05) is 0 Å². The second kappa shape index (κ2) is 6.99. The van der Waals surface area contributed by atoms with Gasteiger partial charge in [-0.05, 0) is 0 Å². The molecule has 0 saturated heterocycles. The van der Waals surface area contributed by atoms with Crippen LogP contribution < -0.4 is 4.16 Å². The van der Waals surface area contributed by atoms with Gasteiger partial charge in [0.15, 0.2) is 0 Å². The zero-order valence-corrected chi connectivity index (χ0v) is 20.7. The zero-order valence-electron chi connectivity index (χ0n) is 17.8. The SMILES string of the molecule is C[CH2][Zn]([CH2]C)[c]1c(C(C)(C)C)cc(C(C)(C)C)cc1C(C)(C)C. The van der Waals surface area contributed by atoms with Crippen LogP contribution in [0.3, 0.4) is 0 Å². The molecule has 0 aliphatic rings. The Hall–Kier alpha value is -0.157. The molecule has 1 heteroatoms. The summed E-state index contributed by atoms with van der Waals surface area (Å²) in [6.07, 6.45) is 0. The maximum atomic E-state index is 2.55. The molecule has 0 saturated carbocycles. The van der Waals surface area contributed by atoms with Gasteiger partial charge in [-0.15, -0.1) is 0 Å². The molecule has 0 heterocycles. The molecular weight excluding hydrogens is 330 g/mol. The molecule has 0 aliphatic carbocycles. The van der Waals surface area contributed by atoms with Crippen LogP contribution >= 0.6 is 0 Å². The van der Waals surface area contributed by atoms with Crippen LogP contribution in [0.25, 0.3) is 0 Å². The second-order valence-electron chi connectivity index (χ2n) is 10.7. The van der Waals surface area contributed by atoms with Crippen LogP contribution in [0, 0.1) is 0 Å². The Bertz CT molecular complexity index is 494. The van der Waals surface area contributed by atoms with Gasteiger partial charge in [-0.3, -0.25) is 0 Å². The number of rotatable bonds is 3. The molecule has 0 N–H and O–H groups in total. The molecule has 0 unspecified atom stereocenters. The summed E-state index contributed by atoms with van der Waals surface area (Å²) in [5.41, 5.74) is 5.48. The molecule has 1 rings (SSSR count). The van der Waals surface area contributed by atoms with Crippen molar-refractivity contribution in [2.45, 2.75) is 102 Å². The third kappa shape index (κ3) is 4.91. The Balaban J connectivity index is 3.90. The Kier molecular flexibility index (Phi) is 6.35. The van der Waals surface area contributed by atoms with Crippen LogP contribution in [-0.2, 0) is 32.2 Å². The molecule has 23 heavy (non-hydrogen) atoms. The first-order chi connectivity index (χ1) is 10.2. The molecule has 0 aliphatic heterocycles. The van der Waals surface area contributed by atoms with Crippen molar-refractivity contribution in [2.75, 3.05) is 0 Å². The van der Waals surface area contributed by atoms with E-state index in [4.69, 9.17) is 0 Å². The van der Waals surface area contributed by atoms with Gasteiger partial charge in [0.25, 0.3) is 0 Å². The third-order valence-electron chi connectivity index (χ3n) is 5.44. The van der Waals surface area contributed by atoms with Crippen molar-refractivity contribution in [3.63, 3.8) is 0 Å². The minimum atomic E-state index is -1.68. The second-order valence-corrected chi connectivity index (χ2v) is 19.9. The quantitative estimate of drug-likeness (QED) is 0.521. The average molecular weight is 369 g/mol. The van der Waals surface area contributed by atoms with Gasteiger partial charge >= 0.3 is 151 Å².